The van der Waals surface area contributed by atoms with Gasteiger partial charge in [-0.25, -0.2) is 0 Å². The van der Waals surface area contributed by atoms with E-state index >= 15 is 0 Å². The van der Waals surface area contributed by atoms with Crippen molar-refractivity contribution < 1.29 is 14.4 Å². The van der Waals surface area contributed by atoms with E-state index in [0.29, 0.717) is 29.5 Å². The van der Waals surface area contributed by atoms with Crippen molar-refractivity contribution in [3.05, 3.63) is 46.3 Å². The predicted octanol–water partition coefficient (Wildman–Crippen LogP) is 2.91. The van der Waals surface area contributed by atoms with Crippen molar-refractivity contribution in [3.63, 3.8) is 0 Å². The molecule has 0 aliphatic carbocycles. The van der Waals surface area contributed by atoms with Gasteiger partial charge in [0, 0.05) is 30.7 Å². The van der Waals surface area contributed by atoms with Gasteiger partial charge in [0.1, 0.15) is 0 Å². The Bertz CT molecular complexity index is 944. The molecule has 1 aliphatic rings. The largest absolute Gasteiger partial charge is 0.360 e. The molecule has 1 aromatic heterocycles. The van der Waals surface area contributed by atoms with Gasteiger partial charge in [-0.2, -0.15) is 0 Å². The third-order valence-corrected chi connectivity index (χ3v) is 5.99. The highest BCUT2D eigenvalue weighted by Gasteiger charge is 2.23. The minimum atomic E-state index is -0.496. The maximum atomic E-state index is 12.6. The maximum Gasteiger partial charge on any atom is 0.261 e. The minimum Gasteiger partial charge on any atom is -0.360 e. The molecule has 0 saturated carbocycles. The molecule has 3 rings (SSSR count). The molecule has 2 heterocycles. The van der Waals surface area contributed by atoms with E-state index in [0.717, 1.165) is 23.4 Å². The molecule has 1 saturated heterocycles. The van der Waals surface area contributed by atoms with Crippen molar-refractivity contribution >= 4 is 39.7 Å². The van der Waals surface area contributed by atoms with Gasteiger partial charge in [-0.05, 0) is 36.2 Å². The van der Waals surface area contributed by atoms with Gasteiger partial charge in [0.05, 0.1) is 16.4 Å². The fraction of sp³-hybridized carbons (Fsp3) is 0.409. The summed E-state index contributed by atoms with van der Waals surface area (Å²) < 4.78 is 0. The second kappa shape index (κ2) is 8.87. The Morgan fingerprint density at radius 1 is 1.20 bits per heavy atom. The first-order valence-corrected chi connectivity index (χ1v) is 10.8. The molecule has 0 bridgehead atoms. The summed E-state index contributed by atoms with van der Waals surface area (Å²) >= 11 is 1.28. The van der Waals surface area contributed by atoms with E-state index in [1.54, 1.807) is 0 Å². The van der Waals surface area contributed by atoms with Crippen LogP contribution in [0.15, 0.2) is 30.3 Å². The van der Waals surface area contributed by atoms with Crippen LogP contribution in [0.4, 0.5) is 10.7 Å². The fourth-order valence-corrected chi connectivity index (χ4v) is 4.00. The molecule has 8 heteroatoms. The minimum absolute atomic E-state index is 0.0296. The van der Waals surface area contributed by atoms with E-state index in [-0.39, 0.29) is 17.7 Å². The van der Waals surface area contributed by atoms with Crippen LogP contribution >= 0.6 is 11.3 Å². The molecule has 1 aromatic carbocycles. The summed E-state index contributed by atoms with van der Waals surface area (Å²) in [5, 5.41) is 9.31. The fourth-order valence-electron chi connectivity index (χ4n) is 3.01. The van der Waals surface area contributed by atoms with Crippen LogP contribution in [0.1, 0.15) is 41.6 Å². The van der Waals surface area contributed by atoms with Crippen LogP contribution < -0.4 is 20.9 Å². The van der Waals surface area contributed by atoms with Crippen molar-refractivity contribution in [2.75, 3.05) is 29.9 Å². The summed E-state index contributed by atoms with van der Waals surface area (Å²) in [5.41, 5.74) is 2.31. The van der Waals surface area contributed by atoms with Gasteiger partial charge >= 0.3 is 0 Å². The van der Waals surface area contributed by atoms with Gasteiger partial charge in [0.25, 0.3) is 5.91 Å². The molecular formula is C22H28N4O3S. The number of rotatable bonds is 5. The molecule has 30 heavy (non-hydrogen) atoms. The molecule has 0 atom stereocenters. The Morgan fingerprint density at radius 2 is 1.90 bits per heavy atom. The van der Waals surface area contributed by atoms with Gasteiger partial charge < -0.3 is 20.9 Å². The average Bonchev–Trinajstić information content (AvgIpc) is 3.06. The van der Waals surface area contributed by atoms with E-state index in [1.165, 1.54) is 11.3 Å². The molecule has 160 valence electrons. The topological polar surface area (TPSA) is 90.5 Å². The molecule has 0 radical (unpaired) electrons. The maximum absolute atomic E-state index is 12.6. The lowest BCUT2D eigenvalue weighted by Crippen LogP contribution is -2.47. The average molecular weight is 429 g/mol. The molecule has 1 aliphatic heterocycles. The number of carbonyl (C=O) groups excluding carboxylic acids is 3. The summed E-state index contributed by atoms with van der Waals surface area (Å²) in [7, 11) is 0. The van der Waals surface area contributed by atoms with Crippen LogP contribution in [-0.2, 0) is 16.1 Å². The molecule has 1 fully saturated rings. The van der Waals surface area contributed by atoms with Gasteiger partial charge in [-0.1, -0.05) is 32.9 Å². The van der Waals surface area contributed by atoms with E-state index < -0.39 is 5.41 Å². The number of nitrogens with zero attached hydrogens (tertiary/aromatic N) is 1. The Labute approximate surface area is 180 Å². The first-order chi connectivity index (χ1) is 14.1. The highest BCUT2D eigenvalue weighted by molar-refractivity contribution is 7.18. The smallest absolute Gasteiger partial charge is 0.261 e. The Hall–Kier alpha value is -2.87. The molecule has 3 N–H and O–H groups in total. The van der Waals surface area contributed by atoms with Crippen LogP contribution in [0.3, 0.4) is 0 Å². The van der Waals surface area contributed by atoms with E-state index in [4.69, 9.17) is 0 Å². The molecule has 7 nitrogen and oxygen atoms in total. The summed E-state index contributed by atoms with van der Waals surface area (Å²) in [4.78, 5) is 38.9. The lowest BCUT2D eigenvalue weighted by Gasteiger charge is -2.28. The van der Waals surface area contributed by atoms with Crippen molar-refractivity contribution in [1.29, 1.82) is 0 Å². The normalized spacial score (nSPS) is 14.3. The third-order valence-electron chi connectivity index (χ3n) is 4.83. The van der Waals surface area contributed by atoms with Crippen LogP contribution in [0.2, 0.25) is 0 Å². The SMILES string of the molecule is Cc1cc(NC(=O)C(C)(C)C)sc1C(=O)NCc1ccc(N2CCNC(=O)C2)cc1. The highest BCUT2D eigenvalue weighted by Crippen LogP contribution is 2.28. The zero-order chi connectivity index (χ0) is 21.9. The molecule has 0 spiro atoms. The predicted molar refractivity (Wildman–Crippen MR) is 120 cm³/mol. The Morgan fingerprint density at radius 3 is 2.53 bits per heavy atom. The van der Waals surface area contributed by atoms with E-state index in [2.05, 4.69) is 16.0 Å². The lowest BCUT2D eigenvalue weighted by atomic mass is 9.96. The number of thiophene rings is 1. The highest BCUT2D eigenvalue weighted by atomic mass is 32.1. The van der Waals surface area contributed by atoms with Gasteiger partial charge in [0.2, 0.25) is 11.8 Å². The summed E-state index contributed by atoms with van der Waals surface area (Å²) in [6.07, 6.45) is 0. The van der Waals surface area contributed by atoms with Crippen molar-refractivity contribution in [2.24, 2.45) is 5.41 Å². The van der Waals surface area contributed by atoms with Crippen LogP contribution in [-0.4, -0.2) is 37.4 Å². The number of piperazine rings is 1. The first-order valence-electron chi connectivity index (χ1n) is 9.94. The first kappa shape index (κ1) is 21.8. The number of amides is 3. The van der Waals surface area contributed by atoms with Crippen molar-refractivity contribution in [1.82, 2.24) is 10.6 Å². The third kappa shape index (κ3) is 5.38. The second-order valence-electron chi connectivity index (χ2n) is 8.45. The number of hydrogen-bond acceptors (Lipinski definition) is 5. The zero-order valence-electron chi connectivity index (χ0n) is 17.8. The molecule has 3 amide bonds. The zero-order valence-corrected chi connectivity index (χ0v) is 18.6. The number of benzene rings is 1. The van der Waals surface area contributed by atoms with Crippen LogP contribution in [0.25, 0.3) is 0 Å². The van der Waals surface area contributed by atoms with Crippen LogP contribution in [0.5, 0.6) is 0 Å². The number of anilines is 2. The number of carbonyl (C=O) groups is 3. The van der Waals surface area contributed by atoms with Gasteiger partial charge in [0.15, 0.2) is 0 Å². The van der Waals surface area contributed by atoms with E-state index in [1.807, 2.05) is 62.9 Å². The molecule has 0 unspecified atom stereocenters. The Balaban J connectivity index is 1.58. The monoisotopic (exact) mass is 428 g/mol. The quantitative estimate of drug-likeness (QED) is 0.683. The van der Waals surface area contributed by atoms with Crippen molar-refractivity contribution in [3.8, 4) is 0 Å². The van der Waals surface area contributed by atoms with Gasteiger partial charge in [-0.3, -0.25) is 14.4 Å². The number of nitrogens with one attached hydrogen (secondary N) is 3. The summed E-state index contributed by atoms with van der Waals surface area (Å²) in [6, 6.07) is 9.68. The summed E-state index contributed by atoms with van der Waals surface area (Å²) in [5.74, 6) is -0.213. The lowest BCUT2D eigenvalue weighted by molar-refractivity contribution is -0.123. The number of aryl methyl sites for hydroxylation is 1. The standard InChI is InChI=1S/C22H28N4O3S/c1-14-11-18(25-21(29)22(2,3)4)30-19(14)20(28)24-12-15-5-7-16(8-6-15)26-10-9-23-17(27)13-26/h5-8,11H,9-10,12-13H2,1-4H3,(H,23,27)(H,24,28)(H,25,29). The summed E-state index contributed by atoms with van der Waals surface area (Å²) in [6.45, 7) is 9.61. The molecular weight excluding hydrogens is 400 g/mol. The van der Waals surface area contributed by atoms with Crippen molar-refractivity contribution in [2.45, 2.75) is 34.2 Å². The number of hydrogen-bond donors (Lipinski definition) is 3. The Kier molecular flexibility index (Phi) is 6.45. The molecule has 2 aromatic rings. The van der Waals surface area contributed by atoms with Crippen LogP contribution in [0, 0.1) is 12.3 Å². The van der Waals surface area contributed by atoms with Gasteiger partial charge in [-0.15, -0.1) is 11.3 Å². The van der Waals surface area contributed by atoms with E-state index in [9.17, 15) is 14.4 Å². The second-order valence-corrected chi connectivity index (χ2v) is 9.50.